The van der Waals surface area contributed by atoms with Crippen molar-refractivity contribution in [3.8, 4) is 0 Å². The lowest BCUT2D eigenvalue weighted by Crippen LogP contribution is -2.12. The fourth-order valence-electron chi connectivity index (χ4n) is 2.00. The number of nitrogens with two attached hydrogens (primary N) is 1. The topological polar surface area (TPSA) is 68.0 Å². The number of pyridine rings is 1. The van der Waals surface area contributed by atoms with Crippen molar-refractivity contribution < 1.29 is 4.79 Å². The van der Waals surface area contributed by atoms with Crippen molar-refractivity contribution in [1.29, 1.82) is 0 Å². The predicted octanol–water partition coefficient (Wildman–Crippen LogP) is 2.66. The summed E-state index contributed by atoms with van der Waals surface area (Å²) in [6.45, 7) is 4.16. The predicted molar refractivity (Wildman–Crippen MR) is 76.0 cm³/mol. The van der Waals surface area contributed by atoms with Gasteiger partial charge in [-0.2, -0.15) is 0 Å². The van der Waals surface area contributed by atoms with Crippen LogP contribution in [-0.4, -0.2) is 10.9 Å². The molecule has 1 aromatic carbocycles. The molecule has 0 saturated carbocycles. The van der Waals surface area contributed by atoms with Crippen molar-refractivity contribution >= 4 is 11.7 Å². The van der Waals surface area contributed by atoms with Crippen molar-refractivity contribution in [1.82, 2.24) is 4.98 Å². The summed E-state index contributed by atoms with van der Waals surface area (Å²) >= 11 is 0. The maximum absolute atomic E-state index is 11.0. The zero-order chi connectivity index (χ0) is 13.8. The van der Waals surface area contributed by atoms with Gasteiger partial charge < -0.3 is 11.1 Å². The largest absolute Gasteiger partial charge is 0.366 e. The van der Waals surface area contributed by atoms with Crippen LogP contribution < -0.4 is 11.1 Å². The first-order valence-electron chi connectivity index (χ1n) is 6.16. The fourth-order valence-corrected chi connectivity index (χ4v) is 2.00. The van der Waals surface area contributed by atoms with Crippen LogP contribution in [0.2, 0.25) is 0 Å². The lowest BCUT2D eigenvalue weighted by molar-refractivity contribution is 0.1000. The number of hydrogen-bond donors (Lipinski definition) is 2. The van der Waals surface area contributed by atoms with Gasteiger partial charge in [0.1, 0.15) is 5.82 Å². The first-order valence-corrected chi connectivity index (χ1v) is 6.16. The number of nitrogens with zero attached hydrogens (tertiary/aromatic N) is 1. The molecule has 0 saturated heterocycles. The van der Waals surface area contributed by atoms with Gasteiger partial charge in [0.05, 0.1) is 11.6 Å². The van der Waals surface area contributed by atoms with E-state index in [1.165, 1.54) is 17.3 Å². The Morgan fingerprint density at radius 2 is 2.00 bits per heavy atom. The summed E-state index contributed by atoms with van der Waals surface area (Å²) in [5.41, 5.74) is 8.05. The SMILES string of the molecule is Cc1ccccc1C(C)Nc1ccc(C(N)=O)cn1. The molecule has 0 radical (unpaired) electrons. The smallest absolute Gasteiger partial charge is 0.250 e. The first kappa shape index (κ1) is 13.1. The third-order valence-corrected chi connectivity index (χ3v) is 3.07. The third-order valence-electron chi connectivity index (χ3n) is 3.07. The van der Waals surface area contributed by atoms with Gasteiger partial charge in [0.25, 0.3) is 0 Å². The van der Waals surface area contributed by atoms with Crippen LogP contribution in [0.1, 0.15) is 34.5 Å². The van der Waals surface area contributed by atoms with Crippen molar-refractivity contribution in [2.75, 3.05) is 5.32 Å². The van der Waals surface area contributed by atoms with E-state index in [-0.39, 0.29) is 6.04 Å². The molecule has 1 heterocycles. The lowest BCUT2D eigenvalue weighted by Gasteiger charge is -2.17. The Labute approximate surface area is 112 Å². The zero-order valence-electron chi connectivity index (χ0n) is 11.1. The van der Waals surface area contributed by atoms with Crippen LogP contribution in [0.3, 0.4) is 0 Å². The maximum atomic E-state index is 11.0. The molecule has 4 heteroatoms. The van der Waals surface area contributed by atoms with E-state index in [0.717, 1.165) is 5.82 Å². The minimum absolute atomic E-state index is 0.146. The summed E-state index contributed by atoms with van der Waals surface area (Å²) in [5.74, 6) is 0.256. The normalized spacial score (nSPS) is 11.9. The van der Waals surface area contributed by atoms with E-state index in [9.17, 15) is 4.79 Å². The van der Waals surface area contributed by atoms with Gasteiger partial charge in [-0.25, -0.2) is 4.98 Å². The highest BCUT2D eigenvalue weighted by atomic mass is 16.1. The highest BCUT2D eigenvalue weighted by Crippen LogP contribution is 2.20. The molecule has 2 aromatic rings. The number of primary amides is 1. The molecule has 1 aromatic heterocycles. The molecule has 0 aliphatic heterocycles. The summed E-state index contributed by atoms with van der Waals surface area (Å²) in [4.78, 5) is 15.1. The van der Waals surface area contributed by atoms with Crippen molar-refractivity contribution in [3.63, 3.8) is 0 Å². The summed E-state index contributed by atoms with van der Waals surface area (Å²) in [5, 5.41) is 3.30. The van der Waals surface area contributed by atoms with Crippen LogP contribution in [0.5, 0.6) is 0 Å². The summed E-state index contributed by atoms with van der Waals surface area (Å²) in [6, 6.07) is 11.8. The number of hydrogen-bond acceptors (Lipinski definition) is 3. The maximum Gasteiger partial charge on any atom is 0.250 e. The average Bonchev–Trinajstić information content (AvgIpc) is 2.39. The monoisotopic (exact) mass is 255 g/mol. The zero-order valence-corrected chi connectivity index (χ0v) is 11.1. The molecule has 1 atom stereocenters. The van der Waals surface area contributed by atoms with E-state index < -0.39 is 5.91 Å². The third kappa shape index (κ3) is 3.10. The van der Waals surface area contributed by atoms with Crippen LogP contribution in [0.15, 0.2) is 42.6 Å². The Hall–Kier alpha value is -2.36. The van der Waals surface area contributed by atoms with Gasteiger partial charge in [-0.3, -0.25) is 4.79 Å². The molecular weight excluding hydrogens is 238 g/mol. The minimum Gasteiger partial charge on any atom is -0.366 e. The molecule has 0 fully saturated rings. The highest BCUT2D eigenvalue weighted by molar-refractivity contribution is 5.92. The number of carbonyl (C=O) groups excluding carboxylic acids is 1. The quantitative estimate of drug-likeness (QED) is 0.882. The molecular formula is C15H17N3O. The molecule has 0 bridgehead atoms. The summed E-state index contributed by atoms with van der Waals surface area (Å²) < 4.78 is 0. The van der Waals surface area contributed by atoms with Gasteiger partial charge in [-0.05, 0) is 37.1 Å². The van der Waals surface area contributed by atoms with Crippen LogP contribution in [0.4, 0.5) is 5.82 Å². The van der Waals surface area contributed by atoms with E-state index in [4.69, 9.17) is 5.73 Å². The summed E-state index contributed by atoms with van der Waals surface area (Å²) in [7, 11) is 0. The van der Waals surface area contributed by atoms with Crippen LogP contribution in [-0.2, 0) is 0 Å². The minimum atomic E-state index is -0.467. The number of benzene rings is 1. The van der Waals surface area contributed by atoms with E-state index >= 15 is 0 Å². The second-order valence-electron chi connectivity index (χ2n) is 4.52. The fraction of sp³-hybridized carbons (Fsp3) is 0.200. The molecule has 2 rings (SSSR count). The molecule has 3 N–H and O–H groups in total. The van der Waals surface area contributed by atoms with Gasteiger partial charge in [0, 0.05) is 6.20 Å². The Morgan fingerprint density at radius 1 is 1.26 bits per heavy atom. The molecule has 1 unspecified atom stereocenters. The number of anilines is 1. The molecule has 0 aliphatic rings. The van der Waals surface area contributed by atoms with Gasteiger partial charge in [0.15, 0.2) is 0 Å². The van der Waals surface area contributed by atoms with E-state index in [1.807, 2.05) is 12.1 Å². The summed E-state index contributed by atoms with van der Waals surface area (Å²) in [6.07, 6.45) is 1.48. The molecule has 1 amide bonds. The lowest BCUT2D eigenvalue weighted by atomic mass is 10.0. The van der Waals surface area contributed by atoms with Gasteiger partial charge in [-0.15, -0.1) is 0 Å². The molecule has 4 nitrogen and oxygen atoms in total. The standard InChI is InChI=1S/C15H17N3O/c1-10-5-3-4-6-13(10)11(2)18-14-8-7-12(9-17-14)15(16)19/h3-9,11H,1-2H3,(H2,16,19)(H,17,18). The number of amides is 1. The van der Waals surface area contributed by atoms with Crippen molar-refractivity contribution in [2.45, 2.75) is 19.9 Å². The number of nitrogens with one attached hydrogen (secondary N) is 1. The first-order chi connectivity index (χ1) is 9.08. The second kappa shape index (κ2) is 5.52. The Kier molecular flexibility index (Phi) is 3.80. The van der Waals surface area contributed by atoms with E-state index in [0.29, 0.717) is 5.56 Å². The van der Waals surface area contributed by atoms with E-state index in [2.05, 4.69) is 36.3 Å². The van der Waals surface area contributed by atoms with Crippen molar-refractivity contribution in [2.24, 2.45) is 5.73 Å². The Balaban J connectivity index is 2.13. The highest BCUT2D eigenvalue weighted by Gasteiger charge is 2.08. The van der Waals surface area contributed by atoms with Crippen molar-refractivity contribution in [3.05, 3.63) is 59.3 Å². The molecule has 19 heavy (non-hydrogen) atoms. The molecule has 98 valence electrons. The Morgan fingerprint density at radius 3 is 2.58 bits per heavy atom. The number of rotatable bonds is 4. The average molecular weight is 255 g/mol. The molecule has 0 aliphatic carbocycles. The second-order valence-corrected chi connectivity index (χ2v) is 4.52. The number of aryl methyl sites for hydroxylation is 1. The van der Waals surface area contributed by atoms with Crippen LogP contribution in [0, 0.1) is 6.92 Å². The van der Waals surface area contributed by atoms with Gasteiger partial charge in [-0.1, -0.05) is 24.3 Å². The molecule has 0 spiro atoms. The van der Waals surface area contributed by atoms with Gasteiger partial charge >= 0.3 is 0 Å². The van der Waals surface area contributed by atoms with Crippen LogP contribution in [0.25, 0.3) is 0 Å². The van der Waals surface area contributed by atoms with Crippen LogP contribution >= 0.6 is 0 Å². The van der Waals surface area contributed by atoms with E-state index in [1.54, 1.807) is 12.1 Å². The Bertz CT molecular complexity index is 578. The number of carbonyl (C=O) groups is 1. The number of aromatic nitrogens is 1. The van der Waals surface area contributed by atoms with Gasteiger partial charge in [0.2, 0.25) is 5.91 Å².